The summed E-state index contributed by atoms with van der Waals surface area (Å²) in [5.41, 5.74) is 9.34. The summed E-state index contributed by atoms with van der Waals surface area (Å²) < 4.78 is 14.7. The Morgan fingerprint density at radius 1 is 1.22 bits per heavy atom. The van der Waals surface area contributed by atoms with Crippen molar-refractivity contribution in [1.29, 1.82) is 0 Å². The van der Waals surface area contributed by atoms with Crippen LogP contribution in [-0.4, -0.2) is 30.4 Å². The first kappa shape index (κ1) is 17.0. The Kier molecular flexibility index (Phi) is 4.04. The molecule has 0 aliphatic carbocycles. The van der Waals surface area contributed by atoms with Crippen molar-refractivity contribution in [3.8, 4) is 11.1 Å². The number of pyridine rings is 2. The number of nitrogens with zero attached hydrogens (tertiary/aromatic N) is 4. The van der Waals surface area contributed by atoms with Crippen molar-refractivity contribution >= 4 is 33.5 Å². The largest absolute Gasteiger partial charge is 0.388 e. The molecule has 0 saturated carbocycles. The minimum atomic E-state index is -0.548. The maximum Gasteiger partial charge on any atom is 0.212 e. The van der Waals surface area contributed by atoms with Crippen LogP contribution in [0.5, 0.6) is 0 Å². The number of nitrogens with two attached hydrogens (primary N) is 1. The normalized spacial score (nSPS) is 11.4. The van der Waals surface area contributed by atoms with Crippen molar-refractivity contribution in [1.82, 2.24) is 19.5 Å². The minimum absolute atomic E-state index is 0.0680. The van der Waals surface area contributed by atoms with Crippen LogP contribution in [0.3, 0.4) is 0 Å². The van der Waals surface area contributed by atoms with E-state index in [2.05, 4.69) is 15.0 Å². The van der Waals surface area contributed by atoms with Gasteiger partial charge in [0.25, 0.3) is 0 Å². The van der Waals surface area contributed by atoms with Crippen molar-refractivity contribution in [3.05, 3.63) is 48.3 Å². The van der Waals surface area contributed by atoms with Gasteiger partial charge >= 0.3 is 0 Å². The topological polar surface area (TPSA) is 107 Å². The van der Waals surface area contributed by atoms with E-state index in [1.165, 1.54) is 19.2 Å². The number of carbonyl (C=O) groups excluding carboxylic acids is 1. The van der Waals surface area contributed by atoms with Crippen molar-refractivity contribution in [3.63, 3.8) is 0 Å². The lowest BCUT2D eigenvalue weighted by molar-refractivity contribution is -0.117. The summed E-state index contributed by atoms with van der Waals surface area (Å²) in [7, 11) is 0. The highest BCUT2D eigenvalue weighted by atomic mass is 19.1. The second-order valence-corrected chi connectivity index (χ2v) is 6.27. The first-order chi connectivity index (χ1) is 13.0. The van der Waals surface area contributed by atoms with E-state index >= 15 is 0 Å². The Balaban J connectivity index is 1.99. The molecule has 0 atom stereocenters. The van der Waals surface area contributed by atoms with Crippen LogP contribution in [0.4, 0.5) is 10.2 Å². The Morgan fingerprint density at radius 3 is 2.67 bits per heavy atom. The standard InChI is InChI=1S/C19H16FN5O2/c1-10(27)8-25-16(9-26)24-17-18(25)13-4-2-11(6-14(13)23-19(17)21)12-3-5-15(20)22-7-12/h2-7,26H,8-9H2,1H3,(H2,21,23). The molecule has 0 saturated heterocycles. The van der Waals surface area contributed by atoms with Gasteiger partial charge in [-0.3, -0.25) is 4.79 Å². The first-order valence-electron chi connectivity index (χ1n) is 8.28. The number of ketones is 1. The molecule has 1 aromatic carbocycles. The molecule has 0 radical (unpaired) electrons. The average molecular weight is 365 g/mol. The highest BCUT2D eigenvalue weighted by Crippen LogP contribution is 2.31. The van der Waals surface area contributed by atoms with Crippen molar-refractivity contribution < 1.29 is 14.3 Å². The van der Waals surface area contributed by atoms with Crippen LogP contribution < -0.4 is 5.73 Å². The predicted octanol–water partition coefficient (Wildman–Crippen LogP) is 2.45. The fraction of sp³-hybridized carbons (Fsp3) is 0.158. The van der Waals surface area contributed by atoms with Gasteiger partial charge in [0.15, 0.2) is 5.82 Å². The zero-order chi connectivity index (χ0) is 19.1. The lowest BCUT2D eigenvalue weighted by Gasteiger charge is -2.09. The van der Waals surface area contributed by atoms with Crippen molar-refractivity contribution in [2.24, 2.45) is 0 Å². The fourth-order valence-electron chi connectivity index (χ4n) is 3.20. The van der Waals surface area contributed by atoms with E-state index in [1.807, 2.05) is 18.2 Å². The zero-order valence-corrected chi connectivity index (χ0v) is 14.5. The zero-order valence-electron chi connectivity index (χ0n) is 14.5. The van der Waals surface area contributed by atoms with Crippen LogP contribution in [0, 0.1) is 5.95 Å². The van der Waals surface area contributed by atoms with Crippen molar-refractivity contribution in [2.45, 2.75) is 20.1 Å². The van der Waals surface area contributed by atoms with Gasteiger partial charge in [0.2, 0.25) is 5.95 Å². The third kappa shape index (κ3) is 2.89. The van der Waals surface area contributed by atoms with Gasteiger partial charge in [-0.05, 0) is 30.7 Å². The number of rotatable bonds is 4. The lowest BCUT2D eigenvalue weighted by Crippen LogP contribution is -2.10. The van der Waals surface area contributed by atoms with Crippen LogP contribution >= 0.6 is 0 Å². The highest BCUT2D eigenvalue weighted by Gasteiger charge is 2.18. The van der Waals surface area contributed by atoms with Gasteiger partial charge in [-0.25, -0.2) is 15.0 Å². The minimum Gasteiger partial charge on any atom is -0.388 e. The number of benzene rings is 1. The van der Waals surface area contributed by atoms with Crippen LogP contribution in [-0.2, 0) is 17.9 Å². The maximum absolute atomic E-state index is 13.1. The molecule has 27 heavy (non-hydrogen) atoms. The molecule has 136 valence electrons. The molecule has 0 amide bonds. The van der Waals surface area contributed by atoms with E-state index in [0.29, 0.717) is 22.4 Å². The summed E-state index contributed by atoms with van der Waals surface area (Å²) in [6.07, 6.45) is 1.45. The molecule has 3 N–H and O–H groups in total. The molecule has 8 heteroatoms. The van der Waals surface area contributed by atoms with Gasteiger partial charge in [-0.1, -0.05) is 12.1 Å². The van der Waals surface area contributed by atoms with E-state index in [-0.39, 0.29) is 24.8 Å². The molecule has 7 nitrogen and oxygen atoms in total. The summed E-state index contributed by atoms with van der Waals surface area (Å²) >= 11 is 0. The molecule has 3 aromatic heterocycles. The number of hydrogen-bond acceptors (Lipinski definition) is 6. The number of carbonyl (C=O) groups is 1. The number of hydrogen-bond donors (Lipinski definition) is 2. The van der Waals surface area contributed by atoms with E-state index < -0.39 is 5.95 Å². The molecule has 4 aromatic rings. The number of aliphatic hydroxyl groups excluding tert-OH is 1. The van der Waals surface area contributed by atoms with Crippen molar-refractivity contribution in [2.75, 3.05) is 5.73 Å². The average Bonchev–Trinajstić information content (AvgIpc) is 3.00. The van der Waals surface area contributed by atoms with E-state index in [1.54, 1.807) is 10.6 Å². The number of halogens is 1. The molecule has 4 rings (SSSR count). The van der Waals surface area contributed by atoms with Gasteiger partial charge in [-0.2, -0.15) is 4.39 Å². The van der Waals surface area contributed by atoms with E-state index in [4.69, 9.17) is 5.73 Å². The monoisotopic (exact) mass is 365 g/mol. The first-order valence-corrected chi connectivity index (χ1v) is 8.28. The summed E-state index contributed by atoms with van der Waals surface area (Å²) in [4.78, 5) is 24.1. The van der Waals surface area contributed by atoms with Gasteiger partial charge in [0, 0.05) is 17.1 Å². The number of aliphatic hydroxyl groups is 1. The third-order valence-corrected chi connectivity index (χ3v) is 4.37. The van der Waals surface area contributed by atoms with Crippen LogP contribution in [0.25, 0.3) is 33.1 Å². The van der Waals surface area contributed by atoms with Gasteiger partial charge < -0.3 is 15.4 Å². The smallest absolute Gasteiger partial charge is 0.212 e. The summed E-state index contributed by atoms with van der Waals surface area (Å²) in [5, 5.41) is 10.4. The SMILES string of the molecule is CC(=O)Cn1c(CO)nc2c(N)nc3cc(-c4ccc(F)nc4)ccc3c21. The number of aromatic nitrogens is 4. The molecule has 0 bridgehead atoms. The Bertz CT molecular complexity index is 1180. The molecule has 0 aliphatic rings. The number of Topliss-reactive ketones (excluding diaryl/α,β-unsaturated/α-hetero) is 1. The summed E-state index contributed by atoms with van der Waals surface area (Å²) in [5.74, 6) is -0.0493. The number of anilines is 1. The molecule has 0 fully saturated rings. The van der Waals surface area contributed by atoms with E-state index in [0.717, 1.165) is 16.5 Å². The number of nitrogen functional groups attached to an aromatic ring is 1. The Hall–Kier alpha value is -3.39. The fourth-order valence-corrected chi connectivity index (χ4v) is 3.20. The van der Waals surface area contributed by atoms with Crippen LogP contribution in [0.2, 0.25) is 0 Å². The van der Waals surface area contributed by atoms with Gasteiger partial charge in [-0.15, -0.1) is 0 Å². The second-order valence-electron chi connectivity index (χ2n) is 6.27. The molecule has 0 unspecified atom stereocenters. The maximum atomic E-state index is 13.1. The molecular weight excluding hydrogens is 349 g/mol. The van der Waals surface area contributed by atoms with E-state index in [9.17, 15) is 14.3 Å². The predicted molar refractivity (Wildman–Crippen MR) is 99.2 cm³/mol. The van der Waals surface area contributed by atoms with Gasteiger partial charge in [0.1, 0.15) is 23.7 Å². The number of fused-ring (bicyclic) bond motifs is 3. The van der Waals surface area contributed by atoms with Crippen LogP contribution in [0.15, 0.2) is 36.5 Å². The summed E-state index contributed by atoms with van der Waals surface area (Å²) in [6, 6.07) is 8.46. The molecule has 0 aliphatic heterocycles. The molecule has 0 spiro atoms. The summed E-state index contributed by atoms with van der Waals surface area (Å²) in [6.45, 7) is 1.23. The Morgan fingerprint density at radius 2 is 2.00 bits per heavy atom. The molecule has 3 heterocycles. The number of imidazole rings is 1. The molecular formula is C19H16FN5O2. The third-order valence-electron chi connectivity index (χ3n) is 4.37. The Labute approximate surface area is 153 Å². The quantitative estimate of drug-likeness (QED) is 0.538. The van der Waals surface area contributed by atoms with Gasteiger partial charge in [0.05, 0.1) is 17.6 Å². The second kappa shape index (κ2) is 6.40. The lowest BCUT2D eigenvalue weighted by atomic mass is 10.0. The highest BCUT2D eigenvalue weighted by molar-refractivity contribution is 6.07. The van der Waals surface area contributed by atoms with Crippen LogP contribution in [0.1, 0.15) is 12.7 Å².